The fourth-order valence-corrected chi connectivity index (χ4v) is 23.8. The molecule has 0 amide bonds. The number of benzene rings is 10. The minimum Gasteiger partial charge on any atom is -0.440 e. The Morgan fingerprint density at radius 1 is 0.356 bits per heavy atom. The molecule has 0 N–H and O–H groups in total. The molecule has 0 saturated carbocycles. The second-order valence-electron chi connectivity index (χ2n) is 32.6. The standard InChI is InChI=1S/C89H80B2N7OSSi/c1-86(2)45-47-88(5,6)60-49-56(41-43-58(60)86)94-66-31-17-15-29-62(66)90-64-51-65-75(52-72(64)96(55-27-13-12-14-28-55)84-82(90)73(94)53-80(92-84)98-70-35-21-25-39-78(70)101(10,11)79-40-26-22-36-71(79)98)99-85-83-74(54-81(93-85)97-68-33-19-23-37-76(68)100(9)77-38-24-20-34-69(77)97)95(67-32-18-16-30-63(67)91(65)83)57-42-44-59-61(50-57)89(7,8)48-46-87(59,3)4/h12-44,49-54H,45-48H2,1-11H3/q+1. The number of fused-ring (bicyclic) bond motifs is 14. The van der Waals surface area contributed by atoms with Crippen LogP contribution in [0, 0.1) is 0 Å². The summed E-state index contributed by atoms with van der Waals surface area (Å²) in [5.41, 5.74) is 26.3. The Hall–Kier alpha value is -10.0. The van der Waals surface area contributed by atoms with Crippen molar-refractivity contribution in [2.45, 2.75) is 126 Å². The van der Waals surface area contributed by atoms with Gasteiger partial charge in [-0.1, -0.05) is 202 Å². The zero-order valence-corrected chi connectivity index (χ0v) is 61.3. The van der Waals surface area contributed by atoms with Crippen LogP contribution in [0.5, 0.6) is 11.6 Å². The summed E-state index contributed by atoms with van der Waals surface area (Å²) >= 11 is 0. The Bertz CT molecular complexity index is 5480. The maximum absolute atomic E-state index is 7.86. The van der Waals surface area contributed by atoms with E-state index in [2.05, 4.69) is 336 Å². The molecule has 12 heteroatoms. The normalized spacial score (nSPS) is 18.0. The maximum Gasteiger partial charge on any atom is 0.258 e. The summed E-state index contributed by atoms with van der Waals surface area (Å²) in [5.74, 6) is 3.96. The summed E-state index contributed by atoms with van der Waals surface area (Å²) in [6, 6.07) is 90.1. The van der Waals surface area contributed by atoms with Crippen LogP contribution in [0.2, 0.25) is 13.1 Å². The second-order valence-corrected chi connectivity index (χ2v) is 38.8. The van der Waals surface area contributed by atoms with Gasteiger partial charge in [-0.15, -0.1) is 0 Å². The van der Waals surface area contributed by atoms with E-state index in [1.54, 1.807) is 0 Å². The van der Waals surface area contributed by atoms with Crippen molar-refractivity contribution in [3.8, 4) is 11.6 Å². The Labute approximate surface area is 598 Å². The van der Waals surface area contributed by atoms with Crippen molar-refractivity contribution in [3.63, 3.8) is 0 Å². The molecule has 0 radical (unpaired) electrons. The van der Waals surface area contributed by atoms with Crippen molar-refractivity contribution in [1.82, 2.24) is 9.97 Å². The molecule has 8 aliphatic rings. The highest BCUT2D eigenvalue weighted by Gasteiger charge is 2.52. The lowest BCUT2D eigenvalue weighted by molar-refractivity contribution is 0.332. The van der Waals surface area contributed by atoms with Crippen molar-refractivity contribution in [2.75, 3.05) is 30.8 Å². The number of hydrogen-bond acceptors (Lipinski definition) is 8. The summed E-state index contributed by atoms with van der Waals surface area (Å²) < 4.78 is 7.86. The van der Waals surface area contributed by atoms with Crippen molar-refractivity contribution in [2.24, 2.45) is 0 Å². The fraction of sp³-hybridized carbons (Fsp3) is 0.213. The molecule has 2 aromatic heterocycles. The highest BCUT2D eigenvalue weighted by atomic mass is 32.2. The minimum atomic E-state index is -2.19. The first-order valence-electron chi connectivity index (χ1n) is 36.3. The van der Waals surface area contributed by atoms with Gasteiger partial charge >= 0.3 is 0 Å². The van der Waals surface area contributed by atoms with Gasteiger partial charge in [-0.25, -0.2) is 4.98 Å². The summed E-state index contributed by atoms with van der Waals surface area (Å²) in [6.45, 7) is 24.0. The van der Waals surface area contributed by atoms with E-state index in [0.29, 0.717) is 5.88 Å². The molecule has 8 heterocycles. The van der Waals surface area contributed by atoms with Crippen LogP contribution in [-0.4, -0.2) is 37.7 Å². The van der Waals surface area contributed by atoms with E-state index in [4.69, 9.17) is 14.7 Å². The van der Waals surface area contributed by atoms with E-state index in [0.717, 1.165) is 117 Å². The summed E-state index contributed by atoms with van der Waals surface area (Å²) in [5, 5.41) is 2.79. The van der Waals surface area contributed by atoms with Crippen LogP contribution in [0.4, 0.5) is 85.7 Å². The van der Waals surface area contributed by atoms with E-state index in [1.807, 2.05) is 0 Å². The molecule has 0 bridgehead atoms. The number of anilines is 15. The number of para-hydroxylation sites is 7. The Morgan fingerprint density at radius 3 is 1.34 bits per heavy atom. The lowest BCUT2D eigenvalue weighted by Crippen LogP contribution is -2.64. The molecule has 101 heavy (non-hydrogen) atoms. The van der Waals surface area contributed by atoms with Crippen LogP contribution in [0.1, 0.15) is 103 Å². The lowest BCUT2D eigenvalue weighted by Gasteiger charge is -2.46. The third-order valence-electron chi connectivity index (χ3n) is 24.6. The number of rotatable bonds is 5. The molecule has 12 aromatic rings. The first-order valence-corrected chi connectivity index (χ1v) is 40.9. The number of hydrogen-bond donors (Lipinski definition) is 0. The van der Waals surface area contributed by atoms with Gasteiger partial charge in [0.1, 0.15) is 48.9 Å². The molecule has 2 aliphatic carbocycles. The van der Waals surface area contributed by atoms with Gasteiger partial charge < -0.3 is 14.5 Å². The molecular weight excluding hydrogens is 1260 g/mol. The number of ether oxygens (including phenoxy) is 1. The van der Waals surface area contributed by atoms with Crippen LogP contribution in [0.3, 0.4) is 0 Å². The highest BCUT2D eigenvalue weighted by molar-refractivity contribution is 7.96. The molecule has 10 aromatic carbocycles. The molecule has 492 valence electrons. The first kappa shape index (κ1) is 60.9. The van der Waals surface area contributed by atoms with Crippen molar-refractivity contribution in [3.05, 3.63) is 259 Å². The molecule has 0 spiro atoms. The molecular formula is C89H80B2N7OSSi+. The summed E-state index contributed by atoms with van der Waals surface area (Å²) in [4.78, 5) is 27.2. The molecule has 8 nitrogen and oxygen atoms in total. The van der Waals surface area contributed by atoms with Gasteiger partial charge in [0.25, 0.3) is 13.4 Å². The van der Waals surface area contributed by atoms with Crippen LogP contribution in [0.15, 0.2) is 246 Å². The van der Waals surface area contributed by atoms with Gasteiger partial charge in [-0.05, 0) is 192 Å². The Kier molecular flexibility index (Phi) is 12.8. The zero-order chi connectivity index (χ0) is 68.5. The molecule has 0 fully saturated rings. The highest BCUT2D eigenvalue weighted by Crippen LogP contribution is 2.55. The third-order valence-corrected chi connectivity index (χ3v) is 30.2. The van der Waals surface area contributed by atoms with Crippen molar-refractivity contribution in [1.29, 1.82) is 0 Å². The number of pyridine rings is 2. The first-order chi connectivity index (χ1) is 48.8. The average Bonchev–Trinajstić information content (AvgIpc) is 0.686. The van der Waals surface area contributed by atoms with E-state index >= 15 is 0 Å². The van der Waals surface area contributed by atoms with Crippen molar-refractivity contribution < 1.29 is 4.74 Å². The van der Waals surface area contributed by atoms with E-state index < -0.39 is 8.07 Å². The Balaban J connectivity index is 0.861. The SMILES string of the molecule is C[S+]1c2ccccc2N(c2cc3c4c(n2)Oc2cc5c(cc2B4c2ccccc2N3c2ccc3c(c2)C(C)(C)CCC3(C)C)B2c3ccccc3N(c3ccc4c(c3)C(C)(C)CCC4(C)C)c3cc(N4c6ccccc6[Si](C)(C)c6ccccc64)nc(c32)N5c2ccccc2)c2ccccc21. The molecule has 0 saturated heterocycles. The van der Waals surface area contributed by atoms with Gasteiger partial charge in [0.2, 0.25) is 5.88 Å². The van der Waals surface area contributed by atoms with Crippen LogP contribution < -0.4 is 72.4 Å². The van der Waals surface area contributed by atoms with E-state index in [9.17, 15) is 0 Å². The summed E-state index contributed by atoms with van der Waals surface area (Å²) in [6.07, 6.45) is 6.89. The van der Waals surface area contributed by atoms with E-state index in [-0.39, 0.29) is 46.0 Å². The van der Waals surface area contributed by atoms with Crippen molar-refractivity contribution >= 4 is 161 Å². The van der Waals surface area contributed by atoms with Crippen LogP contribution >= 0.6 is 0 Å². The quantitative estimate of drug-likeness (QED) is 0.125. The van der Waals surface area contributed by atoms with Gasteiger partial charge in [-0.2, -0.15) is 4.98 Å². The maximum atomic E-state index is 7.86. The van der Waals surface area contributed by atoms with Gasteiger partial charge in [0, 0.05) is 74.8 Å². The predicted molar refractivity (Wildman–Crippen MR) is 428 cm³/mol. The zero-order valence-electron chi connectivity index (χ0n) is 59.4. The summed E-state index contributed by atoms with van der Waals surface area (Å²) in [7, 11) is -2.36. The van der Waals surface area contributed by atoms with Gasteiger partial charge in [0.15, 0.2) is 9.79 Å². The molecule has 0 atom stereocenters. The monoisotopic (exact) mass is 1340 g/mol. The Morgan fingerprint density at radius 2 is 0.792 bits per heavy atom. The average molecular weight is 1350 g/mol. The smallest absolute Gasteiger partial charge is 0.258 e. The van der Waals surface area contributed by atoms with Gasteiger partial charge in [-0.3, -0.25) is 14.7 Å². The lowest BCUT2D eigenvalue weighted by atomic mass is 9.31. The number of aromatic nitrogens is 2. The molecule has 6 aliphatic heterocycles. The molecule has 20 rings (SSSR count). The largest absolute Gasteiger partial charge is 0.440 e. The third kappa shape index (κ3) is 8.64. The predicted octanol–water partition coefficient (Wildman–Crippen LogP) is 17.7. The topological polar surface area (TPSA) is 51.2 Å². The second kappa shape index (κ2) is 21.3. The molecule has 0 unspecified atom stereocenters. The van der Waals surface area contributed by atoms with E-state index in [1.165, 1.54) is 75.6 Å². The fourth-order valence-electron chi connectivity index (χ4n) is 19.1. The minimum absolute atomic E-state index is 0.0169. The van der Waals surface area contributed by atoms with Crippen LogP contribution in [0.25, 0.3) is 0 Å². The van der Waals surface area contributed by atoms with Gasteiger partial charge in [0.05, 0.1) is 16.6 Å². The van der Waals surface area contributed by atoms with Crippen LogP contribution in [-0.2, 0) is 32.6 Å². The number of nitrogens with zero attached hydrogens (tertiary/aromatic N) is 7.